The minimum atomic E-state index is -0.126. The van der Waals surface area contributed by atoms with Crippen LogP contribution in [0.1, 0.15) is 51.3 Å². The quantitative estimate of drug-likeness (QED) is 0.837. The van der Waals surface area contributed by atoms with E-state index < -0.39 is 0 Å². The maximum absolute atomic E-state index is 13.4. The summed E-state index contributed by atoms with van der Waals surface area (Å²) >= 11 is 0. The maximum Gasteiger partial charge on any atom is 0.150 e. The molecule has 23 heavy (non-hydrogen) atoms. The van der Waals surface area contributed by atoms with Crippen molar-refractivity contribution in [2.24, 2.45) is 10.8 Å². The van der Waals surface area contributed by atoms with Gasteiger partial charge in [-0.05, 0) is 18.9 Å². The normalized spacial score (nSPS) is 41.5. The number of Topliss-reactive ketones (excluding diaryl/α,β-unsaturated/α-hetero) is 1. The zero-order valence-corrected chi connectivity index (χ0v) is 14.3. The number of nitrogens with zero attached hydrogens (tertiary/aromatic N) is 3. The molecule has 1 aromatic heterocycles. The summed E-state index contributed by atoms with van der Waals surface area (Å²) in [5.41, 5.74) is 1.02. The van der Waals surface area contributed by atoms with E-state index in [9.17, 15) is 4.79 Å². The third-order valence-corrected chi connectivity index (χ3v) is 6.12. The number of rotatable bonds is 5. The van der Waals surface area contributed by atoms with Gasteiger partial charge in [0.1, 0.15) is 5.78 Å². The summed E-state index contributed by atoms with van der Waals surface area (Å²) in [4.78, 5) is 22.8. The van der Waals surface area contributed by atoms with Gasteiger partial charge < -0.3 is 0 Å². The highest BCUT2D eigenvalue weighted by molar-refractivity contribution is 5.93. The molecule has 4 nitrogen and oxygen atoms in total. The first-order chi connectivity index (χ1) is 11.1. The first kappa shape index (κ1) is 15.3. The summed E-state index contributed by atoms with van der Waals surface area (Å²) in [6.45, 7) is 8.15. The van der Waals surface area contributed by atoms with Crippen LogP contribution < -0.4 is 0 Å². The fourth-order valence-electron chi connectivity index (χ4n) is 5.64. The standard InChI is InChI=1S/C19H27N3O/c1-3-7-18-11-21-13-19(8-4-2,17(18)23)14-22(12-18)16(21)15-6-5-9-20-10-15/h5-6,9-10,16H,3-4,7-8,11-14H2,1-2H3. The third-order valence-electron chi connectivity index (χ3n) is 6.12. The number of aromatic nitrogens is 1. The Balaban J connectivity index is 1.73. The van der Waals surface area contributed by atoms with Crippen LogP contribution in [0.25, 0.3) is 0 Å². The van der Waals surface area contributed by atoms with E-state index in [1.165, 1.54) is 5.56 Å². The molecule has 4 fully saturated rings. The van der Waals surface area contributed by atoms with Gasteiger partial charge in [-0.2, -0.15) is 0 Å². The molecule has 5 rings (SSSR count). The lowest BCUT2D eigenvalue weighted by molar-refractivity contribution is -0.205. The van der Waals surface area contributed by atoms with Gasteiger partial charge in [-0.1, -0.05) is 32.8 Å². The lowest BCUT2D eigenvalue weighted by Gasteiger charge is -2.66. The molecule has 4 heteroatoms. The smallest absolute Gasteiger partial charge is 0.150 e. The molecule has 0 amide bonds. The van der Waals surface area contributed by atoms with Crippen molar-refractivity contribution < 1.29 is 4.79 Å². The molecule has 0 radical (unpaired) electrons. The van der Waals surface area contributed by atoms with Crippen molar-refractivity contribution in [3.63, 3.8) is 0 Å². The molecule has 5 heterocycles. The summed E-state index contributed by atoms with van der Waals surface area (Å²) in [5.74, 6) is 0.575. The van der Waals surface area contributed by atoms with Crippen LogP contribution in [0.4, 0.5) is 0 Å². The first-order valence-electron chi connectivity index (χ1n) is 9.07. The van der Waals surface area contributed by atoms with E-state index in [1.54, 1.807) is 0 Å². The lowest BCUT2D eigenvalue weighted by Crippen LogP contribution is -2.76. The molecular formula is C19H27N3O. The van der Waals surface area contributed by atoms with Crippen LogP contribution in [0.2, 0.25) is 0 Å². The predicted molar refractivity (Wildman–Crippen MR) is 89.8 cm³/mol. The van der Waals surface area contributed by atoms with E-state index in [1.807, 2.05) is 18.5 Å². The van der Waals surface area contributed by atoms with Crippen molar-refractivity contribution in [2.75, 3.05) is 26.2 Å². The van der Waals surface area contributed by atoms with Gasteiger partial charge in [-0.15, -0.1) is 0 Å². The maximum atomic E-state index is 13.4. The van der Waals surface area contributed by atoms with Crippen molar-refractivity contribution in [1.29, 1.82) is 0 Å². The SMILES string of the molecule is CCCC12CN3CC(CCC)(CN(C1)C3c1cccnc1)C2=O. The van der Waals surface area contributed by atoms with E-state index >= 15 is 0 Å². The molecule has 4 saturated heterocycles. The van der Waals surface area contributed by atoms with Crippen LogP contribution in [-0.4, -0.2) is 46.7 Å². The number of carbonyl (C=O) groups is 1. The second-order valence-electron chi connectivity index (χ2n) is 7.86. The second-order valence-corrected chi connectivity index (χ2v) is 7.86. The summed E-state index contributed by atoms with van der Waals surface area (Å²) in [7, 11) is 0. The van der Waals surface area contributed by atoms with Crippen molar-refractivity contribution >= 4 is 5.78 Å². The van der Waals surface area contributed by atoms with Gasteiger partial charge >= 0.3 is 0 Å². The Morgan fingerprint density at radius 2 is 1.65 bits per heavy atom. The van der Waals surface area contributed by atoms with E-state index in [2.05, 4.69) is 34.7 Å². The Labute approximate surface area is 138 Å². The van der Waals surface area contributed by atoms with Gasteiger partial charge in [0.25, 0.3) is 0 Å². The van der Waals surface area contributed by atoms with E-state index in [0.717, 1.165) is 51.9 Å². The Kier molecular flexibility index (Phi) is 3.58. The van der Waals surface area contributed by atoms with E-state index in [4.69, 9.17) is 0 Å². The number of hydrogen-bond acceptors (Lipinski definition) is 4. The number of carbonyl (C=O) groups excluding carboxylic acids is 1. The van der Waals surface area contributed by atoms with Crippen molar-refractivity contribution in [2.45, 2.75) is 45.7 Å². The van der Waals surface area contributed by atoms with Crippen LogP contribution in [0.3, 0.4) is 0 Å². The molecule has 0 aliphatic carbocycles. The summed E-state index contributed by atoms with van der Waals surface area (Å²) in [6, 6.07) is 4.21. The zero-order valence-electron chi connectivity index (χ0n) is 14.3. The van der Waals surface area contributed by atoms with Crippen LogP contribution in [0.15, 0.2) is 24.5 Å². The van der Waals surface area contributed by atoms with Gasteiger partial charge in [0.2, 0.25) is 0 Å². The fourth-order valence-corrected chi connectivity index (χ4v) is 5.64. The molecular weight excluding hydrogens is 286 g/mol. The molecule has 0 atom stereocenters. The molecule has 0 aromatic carbocycles. The van der Waals surface area contributed by atoms with E-state index in [0.29, 0.717) is 11.9 Å². The molecule has 4 aliphatic rings. The number of piperidine rings is 2. The summed E-state index contributed by atoms with van der Waals surface area (Å²) in [6.07, 6.45) is 8.39. The monoisotopic (exact) mass is 313 g/mol. The molecule has 1 aromatic rings. The Morgan fingerprint density at radius 1 is 1.09 bits per heavy atom. The molecule has 0 spiro atoms. The van der Waals surface area contributed by atoms with Crippen molar-refractivity contribution in [3.05, 3.63) is 30.1 Å². The molecule has 124 valence electrons. The third kappa shape index (κ3) is 2.11. The lowest BCUT2D eigenvalue weighted by atomic mass is 9.57. The van der Waals surface area contributed by atoms with Crippen molar-refractivity contribution in [3.8, 4) is 0 Å². The topological polar surface area (TPSA) is 36.4 Å². The number of ketones is 1. The van der Waals surface area contributed by atoms with Gasteiger partial charge in [0.15, 0.2) is 0 Å². The summed E-state index contributed by atoms with van der Waals surface area (Å²) < 4.78 is 0. The van der Waals surface area contributed by atoms with Gasteiger partial charge in [-0.3, -0.25) is 19.6 Å². The van der Waals surface area contributed by atoms with Crippen LogP contribution in [0, 0.1) is 10.8 Å². The average Bonchev–Trinajstić information content (AvgIpc) is 2.53. The minimum Gasteiger partial charge on any atom is -0.298 e. The predicted octanol–water partition coefficient (Wildman–Crippen LogP) is 2.87. The average molecular weight is 313 g/mol. The highest BCUT2D eigenvalue weighted by Crippen LogP contribution is 2.55. The van der Waals surface area contributed by atoms with E-state index in [-0.39, 0.29) is 10.8 Å². The molecule has 0 unspecified atom stereocenters. The molecule has 0 N–H and O–H groups in total. The van der Waals surface area contributed by atoms with Gasteiger partial charge in [-0.25, -0.2) is 0 Å². The Morgan fingerprint density at radius 3 is 2.09 bits per heavy atom. The van der Waals surface area contributed by atoms with Crippen LogP contribution in [0.5, 0.6) is 0 Å². The zero-order chi connectivity index (χ0) is 16.1. The largest absolute Gasteiger partial charge is 0.298 e. The highest BCUT2D eigenvalue weighted by atomic mass is 16.1. The molecule has 0 saturated carbocycles. The first-order valence-corrected chi connectivity index (χ1v) is 9.07. The van der Waals surface area contributed by atoms with Crippen LogP contribution in [-0.2, 0) is 4.79 Å². The number of hydrogen-bond donors (Lipinski definition) is 0. The van der Waals surface area contributed by atoms with Crippen LogP contribution >= 0.6 is 0 Å². The molecule has 4 aliphatic heterocycles. The minimum absolute atomic E-state index is 0.126. The van der Waals surface area contributed by atoms with Crippen molar-refractivity contribution in [1.82, 2.24) is 14.8 Å². The Hall–Kier alpha value is -1.26. The fraction of sp³-hybridized carbons (Fsp3) is 0.684. The number of pyridine rings is 1. The summed E-state index contributed by atoms with van der Waals surface area (Å²) in [5, 5.41) is 0. The highest BCUT2D eigenvalue weighted by Gasteiger charge is 2.64. The molecule has 4 bridgehead atoms. The van der Waals surface area contributed by atoms with Gasteiger partial charge in [0.05, 0.1) is 17.0 Å². The Bertz CT molecular complexity index is 556. The second kappa shape index (κ2) is 5.38. The van der Waals surface area contributed by atoms with Gasteiger partial charge in [0, 0.05) is 44.1 Å².